The second kappa shape index (κ2) is 9.91. The molecule has 0 saturated carbocycles. The van der Waals surface area contributed by atoms with E-state index in [4.69, 9.17) is 24.0 Å². The second-order valence-electron chi connectivity index (χ2n) is 4.02. The van der Waals surface area contributed by atoms with E-state index in [1.165, 1.54) is 0 Å². The van der Waals surface area contributed by atoms with Crippen molar-refractivity contribution in [3.05, 3.63) is 30.3 Å². The summed E-state index contributed by atoms with van der Waals surface area (Å²) in [6.07, 6.45) is 0.547. The van der Waals surface area contributed by atoms with Gasteiger partial charge >= 0.3 is 7.60 Å². The van der Waals surface area contributed by atoms with Crippen molar-refractivity contribution in [2.45, 2.75) is 12.8 Å². The summed E-state index contributed by atoms with van der Waals surface area (Å²) in [7, 11) is -3.39. The summed E-state index contributed by atoms with van der Waals surface area (Å²) >= 11 is 0. The molecule has 0 saturated heterocycles. The SMILES string of the molecule is O=P(COc1ccccc1)(OCCCO)OCCCO. The number of benzene rings is 1. The summed E-state index contributed by atoms with van der Waals surface area (Å²) in [5, 5.41) is 17.4. The maximum absolute atomic E-state index is 12.4. The lowest BCUT2D eigenvalue weighted by atomic mass is 10.3. The van der Waals surface area contributed by atoms with Crippen molar-refractivity contribution < 1.29 is 28.6 Å². The normalized spacial score (nSPS) is 11.5. The highest BCUT2D eigenvalue weighted by Gasteiger charge is 2.25. The lowest BCUT2D eigenvalue weighted by Crippen LogP contribution is -2.08. The number of aliphatic hydroxyl groups excluding tert-OH is 2. The average Bonchev–Trinajstić information content (AvgIpc) is 2.47. The van der Waals surface area contributed by atoms with E-state index in [1.807, 2.05) is 6.07 Å². The molecule has 20 heavy (non-hydrogen) atoms. The molecule has 0 spiro atoms. The Balaban J connectivity index is 2.49. The van der Waals surface area contributed by atoms with Crippen molar-refractivity contribution in [2.24, 2.45) is 0 Å². The third-order valence-corrected chi connectivity index (χ3v) is 3.91. The smallest absolute Gasteiger partial charge is 0.367 e. The van der Waals surface area contributed by atoms with E-state index in [0.29, 0.717) is 18.6 Å². The first-order valence-corrected chi connectivity index (χ1v) is 8.21. The van der Waals surface area contributed by atoms with E-state index in [0.717, 1.165) is 0 Å². The highest BCUT2D eigenvalue weighted by molar-refractivity contribution is 7.53. The van der Waals surface area contributed by atoms with Crippen molar-refractivity contribution in [2.75, 3.05) is 32.8 Å². The molecule has 0 unspecified atom stereocenters. The maximum Gasteiger partial charge on any atom is 0.367 e. The van der Waals surface area contributed by atoms with E-state index in [2.05, 4.69) is 0 Å². The molecule has 0 aromatic heterocycles. The van der Waals surface area contributed by atoms with Crippen LogP contribution in [-0.2, 0) is 13.6 Å². The van der Waals surface area contributed by atoms with Gasteiger partial charge in [-0.05, 0) is 25.0 Å². The van der Waals surface area contributed by atoms with Crippen LogP contribution in [0.4, 0.5) is 0 Å². The molecule has 114 valence electrons. The Bertz CT molecular complexity index is 383. The summed E-state index contributed by atoms with van der Waals surface area (Å²) in [6.45, 7) is 0.169. The van der Waals surface area contributed by atoms with Crippen LogP contribution < -0.4 is 4.74 Å². The molecule has 0 bridgehead atoms. The molecule has 0 radical (unpaired) electrons. The molecule has 0 heterocycles. The van der Waals surface area contributed by atoms with Crippen LogP contribution >= 0.6 is 7.60 Å². The molecule has 0 fully saturated rings. The number of para-hydroxylation sites is 1. The Kier molecular flexibility index (Phi) is 8.49. The zero-order valence-electron chi connectivity index (χ0n) is 11.3. The first kappa shape index (κ1) is 17.1. The van der Waals surface area contributed by atoms with Crippen molar-refractivity contribution in [3.63, 3.8) is 0 Å². The molecule has 0 amide bonds. The van der Waals surface area contributed by atoms with Gasteiger partial charge in [0.1, 0.15) is 5.75 Å². The van der Waals surface area contributed by atoms with Crippen LogP contribution in [0.2, 0.25) is 0 Å². The van der Waals surface area contributed by atoms with Crippen LogP contribution in [0, 0.1) is 0 Å². The van der Waals surface area contributed by atoms with Crippen LogP contribution in [-0.4, -0.2) is 43.0 Å². The quantitative estimate of drug-likeness (QED) is 0.480. The molecule has 1 aromatic carbocycles. The monoisotopic (exact) mass is 304 g/mol. The molecule has 1 aromatic rings. The Morgan fingerprint density at radius 1 is 0.950 bits per heavy atom. The zero-order valence-corrected chi connectivity index (χ0v) is 12.2. The largest absolute Gasteiger partial charge is 0.481 e. The van der Waals surface area contributed by atoms with Gasteiger partial charge in [0.25, 0.3) is 0 Å². The molecular formula is C13H21O6P. The van der Waals surface area contributed by atoms with E-state index >= 15 is 0 Å². The van der Waals surface area contributed by atoms with Gasteiger partial charge in [-0.3, -0.25) is 4.57 Å². The minimum absolute atomic E-state index is 0.0455. The van der Waals surface area contributed by atoms with Gasteiger partial charge in [0.15, 0.2) is 6.35 Å². The Morgan fingerprint density at radius 3 is 2.00 bits per heavy atom. The van der Waals surface area contributed by atoms with E-state index in [-0.39, 0.29) is 32.8 Å². The van der Waals surface area contributed by atoms with Gasteiger partial charge in [0.2, 0.25) is 0 Å². The molecule has 6 nitrogen and oxygen atoms in total. The summed E-state index contributed by atoms with van der Waals surface area (Å²) < 4.78 is 28.2. The lowest BCUT2D eigenvalue weighted by molar-refractivity contribution is 0.159. The number of hydrogen-bond acceptors (Lipinski definition) is 6. The molecule has 1 rings (SSSR count). The van der Waals surface area contributed by atoms with Crippen LogP contribution in [0.1, 0.15) is 12.8 Å². The Labute approximate surface area is 118 Å². The molecule has 0 aliphatic carbocycles. The van der Waals surface area contributed by atoms with Gasteiger partial charge in [-0.25, -0.2) is 0 Å². The van der Waals surface area contributed by atoms with Gasteiger partial charge in [0, 0.05) is 13.2 Å². The Hall–Kier alpha value is -0.910. The molecule has 2 N–H and O–H groups in total. The Morgan fingerprint density at radius 2 is 1.50 bits per heavy atom. The predicted molar refractivity (Wildman–Crippen MR) is 74.9 cm³/mol. The summed E-state index contributed by atoms with van der Waals surface area (Å²) in [5.41, 5.74) is 0. The fourth-order valence-corrected chi connectivity index (χ4v) is 2.66. The van der Waals surface area contributed by atoms with Gasteiger partial charge in [-0.2, -0.15) is 0 Å². The number of ether oxygens (including phenoxy) is 1. The van der Waals surface area contributed by atoms with Crippen LogP contribution in [0.15, 0.2) is 30.3 Å². The average molecular weight is 304 g/mol. The first-order chi connectivity index (χ1) is 9.70. The van der Waals surface area contributed by atoms with E-state index in [9.17, 15) is 4.57 Å². The topological polar surface area (TPSA) is 85.2 Å². The fraction of sp³-hybridized carbons (Fsp3) is 0.538. The highest BCUT2D eigenvalue weighted by atomic mass is 31.2. The van der Waals surface area contributed by atoms with Crippen LogP contribution in [0.3, 0.4) is 0 Å². The predicted octanol–water partition coefficient (Wildman–Crippen LogP) is 2.01. The van der Waals surface area contributed by atoms with E-state index < -0.39 is 7.60 Å². The third kappa shape index (κ3) is 7.03. The number of hydrogen-bond donors (Lipinski definition) is 2. The lowest BCUT2D eigenvalue weighted by Gasteiger charge is -2.18. The zero-order chi connectivity index (χ0) is 14.7. The van der Waals surface area contributed by atoms with Gasteiger partial charge in [0.05, 0.1) is 13.2 Å². The standard InChI is InChI=1S/C13H21O6P/c14-8-4-10-18-20(16,19-11-5-9-15)12-17-13-6-2-1-3-7-13/h1-3,6-7,14-15H,4-5,8-12H2. The highest BCUT2D eigenvalue weighted by Crippen LogP contribution is 2.48. The minimum atomic E-state index is -3.39. The molecule has 0 atom stereocenters. The van der Waals surface area contributed by atoms with Crippen molar-refractivity contribution >= 4 is 7.60 Å². The molecular weight excluding hydrogens is 283 g/mol. The minimum Gasteiger partial charge on any atom is -0.481 e. The number of aliphatic hydroxyl groups is 2. The fourth-order valence-electron chi connectivity index (χ4n) is 1.32. The first-order valence-electron chi connectivity index (χ1n) is 6.48. The molecule has 0 aliphatic heterocycles. The summed E-state index contributed by atoms with van der Waals surface area (Å²) in [5.74, 6) is 0.573. The molecule has 7 heteroatoms. The van der Waals surface area contributed by atoms with Crippen molar-refractivity contribution in [1.29, 1.82) is 0 Å². The summed E-state index contributed by atoms with van der Waals surface area (Å²) in [4.78, 5) is 0. The van der Waals surface area contributed by atoms with Gasteiger partial charge in [-0.15, -0.1) is 0 Å². The van der Waals surface area contributed by atoms with Gasteiger partial charge in [-0.1, -0.05) is 18.2 Å². The number of rotatable bonds is 11. The van der Waals surface area contributed by atoms with Crippen molar-refractivity contribution in [3.8, 4) is 5.75 Å². The van der Waals surface area contributed by atoms with Crippen LogP contribution in [0.25, 0.3) is 0 Å². The second-order valence-corrected chi connectivity index (χ2v) is 6.01. The van der Waals surface area contributed by atoms with Crippen molar-refractivity contribution in [1.82, 2.24) is 0 Å². The van der Waals surface area contributed by atoms with Crippen LogP contribution in [0.5, 0.6) is 5.75 Å². The maximum atomic E-state index is 12.4. The van der Waals surface area contributed by atoms with E-state index in [1.54, 1.807) is 24.3 Å². The summed E-state index contributed by atoms with van der Waals surface area (Å²) in [6, 6.07) is 8.94. The molecule has 0 aliphatic rings. The van der Waals surface area contributed by atoms with Gasteiger partial charge < -0.3 is 24.0 Å². The third-order valence-electron chi connectivity index (χ3n) is 2.31.